The van der Waals surface area contributed by atoms with Crippen molar-refractivity contribution in [2.75, 3.05) is 7.11 Å². The van der Waals surface area contributed by atoms with Crippen LogP contribution in [0.4, 0.5) is 0 Å². The van der Waals surface area contributed by atoms with Gasteiger partial charge in [-0.05, 0) is 45.8 Å². The molecule has 3 rings (SSSR count). The molecule has 2 N–H and O–H groups in total. The van der Waals surface area contributed by atoms with Gasteiger partial charge in [-0.2, -0.15) is 10.2 Å². The Kier molecular flexibility index (Phi) is 6.17. The number of carbonyl (C=O) groups is 1. The first-order valence-corrected chi connectivity index (χ1v) is 8.91. The number of benzene rings is 2. The highest BCUT2D eigenvalue weighted by atomic mass is 79.9. The van der Waals surface area contributed by atoms with E-state index in [2.05, 4.69) is 36.7 Å². The lowest BCUT2D eigenvalue weighted by molar-refractivity contribution is 0.0950. The summed E-state index contributed by atoms with van der Waals surface area (Å²) in [5.74, 6) is 0.295. The molecule has 1 heterocycles. The first kappa shape index (κ1) is 18.6. The van der Waals surface area contributed by atoms with E-state index in [1.807, 2.05) is 60.7 Å². The number of nitrogens with one attached hydrogen (secondary N) is 2. The number of hydrogen-bond donors (Lipinski definition) is 2. The van der Waals surface area contributed by atoms with Crippen molar-refractivity contribution in [3.63, 3.8) is 0 Å². The molecule has 0 fully saturated rings. The topological polar surface area (TPSA) is 79.4 Å². The minimum atomic E-state index is -0.389. The SMILES string of the molecule is COc1ccccc1-c1cc(C(=O)N/N=C/C(Br)=C/c2ccccc2)[nH]n1. The number of halogens is 1. The third kappa shape index (κ3) is 4.92. The highest BCUT2D eigenvalue weighted by Crippen LogP contribution is 2.28. The maximum atomic E-state index is 12.2. The number of rotatable bonds is 6. The zero-order valence-electron chi connectivity index (χ0n) is 14.5. The molecule has 0 spiro atoms. The molecule has 7 heteroatoms. The van der Waals surface area contributed by atoms with E-state index >= 15 is 0 Å². The molecule has 136 valence electrons. The average Bonchev–Trinajstić information content (AvgIpc) is 3.19. The maximum absolute atomic E-state index is 12.2. The molecule has 0 unspecified atom stereocenters. The molecule has 6 nitrogen and oxygen atoms in total. The summed E-state index contributed by atoms with van der Waals surface area (Å²) in [5.41, 5.74) is 5.21. The van der Waals surface area contributed by atoms with Crippen LogP contribution >= 0.6 is 15.9 Å². The Labute approximate surface area is 165 Å². The number of nitrogens with zero attached hydrogens (tertiary/aromatic N) is 2. The Morgan fingerprint density at radius 2 is 1.93 bits per heavy atom. The second kappa shape index (κ2) is 8.95. The molecule has 0 atom stereocenters. The van der Waals surface area contributed by atoms with Gasteiger partial charge in [0.05, 0.1) is 19.0 Å². The molecule has 1 amide bonds. The third-order valence-corrected chi connectivity index (χ3v) is 4.10. The van der Waals surface area contributed by atoms with Gasteiger partial charge in [0, 0.05) is 10.0 Å². The van der Waals surface area contributed by atoms with E-state index in [1.54, 1.807) is 13.2 Å². The molecule has 27 heavy (non-hydrogen) atoms. The van der Waals surface area contributed by atoms with Gasteiger partial charge in [0.25, 0.3) is 5.91 Å². The predicted molar refractivity (Wildman–Crippen MR) is 110 cm³/mol. The van der Waals surface area contributed by atoms with Crippen LogP contribution in [0.3, 0.4) is 0 Å². The molecule has 2 aromatic carbocycles. The number of allylic oxidation sites excluding steroid dienone is 1. The standard InChI is InChI=1S/C20H17BrN4O2/c1-27-19-10-6-5-9-16(19)17-12-18(24-23-17)20(26)25-22-13-15(21)11-14-7-3-2-4-8-14/h2-13H,1H3,(H,23,24)(H,25,26)/b15-11-,22-13+. The Morgan fingerprint density at radius 1 is 1.19 bits per heavy atom. The number of H-pyrrole nitrogens is 1. The number of aromatic nitrogens is 2. The third-order valence-electron chi connectivity index (χ3n) is 3.66. The number of hydrazone groups is 1. The molecule has 3 aromatic rings. The fraction of sp³-hybridized carbons (Fsp3) is 0.0500. The van der Waals surface area contributed by atoms with E-state index < -0.39 is 0 Å². The Morgan fingerprint density at radius 3 is 2.70 bits per heavy atom. The summed E-state index contributed by atoms with van der Waals surface area (Å²) < 4.78 is 6.05. The number of hydrogen-bond acceptors (Lipinski definition) is 4. The number of carbonyl (C=O) groups excluding carboxylic acids is 1. The van der Waals surface area contributed by atoms with E-state index in [9.17, 15) is 4.79 Å². The molecule has 0 saturated carbocycles. The maximum Gasteiger partial charge on any atom is 0.289 e. The first-order valence-electron chi connectivity index (χ1n) is 8.12. The van der Waals surface area contributed by atoms with Crippen LogP contribution < -0.4 is 10.2 Å². The fourth-order valence-corrected chi connectivity index (χ4v) is 2.76. The van der Waals surface area contributed by atoms with Gasteiger partial charge in [0.1, 0.15) is 11.4 Å². The average molecular weight is 425 g/mol. The molecule has 0 aliphatic heterocycles. The molecule has 0 saturated heterocycles. The lowest BCUT2D eigenvalue weighted by Gasteiger charge is -2.04. The van der Waals surface area contributed by atoms with Crippen molar-refractivity contribution in [1.29, 1.82) is 0 Å². The van der Waals surface area contributed by atoms with Gasteiger partial charge in [-0.1, -0.05) is 42.5 Å². The largest absolute Gasteiger partial charge is 0.496 e. The van der Waals surface area contributed by atoms with Crippen molar-refractivity contribution < 1.29 is 9.53 Å². The summed E-state index contributed by atoms with van der Waals surface area (Å²) in [6, 6.07) is 18.9. The van der Waals surface area contributed by atoms with Crippen LogP contribution in [0, 0.1) is 0 Å². The molecular formula is C20H17BrN4O2. The van der Waals surface area contributed by atoms with Crippen molar-refractivity contribution in [2.45, 2.75) is 0 Å². The Bertz CT molecular complexity index is 980. The normalized spacial score (nSPS) is 11.6. The van der Waals surface area contributed by atoms with Crippen molar-refractivity contribution in [2.24, 2.45) is 5.10 Å². The van der Waals surface area contributed by atoms with Gasteiger partial charge in [-0.15, -0.1) is 0 Å². The minimum Gasteiger partial charge on any atom is -0.496 e. The fourth-order valence-electron chi connectivity index (χ4n) is 2.39. The van der Waals surface area contributed by atoms with Gasteiger partial charge >= 0.3 is 0 Å². The van der Waals surface area contributed by atoms with E-state index in [4.69, 9.17) is 4.74 Å². The lowest BCUT2D eigenvalue weighted by Crippen LogP contribution is -2.17. The van der Waals surface area contributed by atoms with Crippen LogP contribution in [0.1, 0.15) is 16.1 Å². The zero-order valence-corrected chi connectivity index (χ0v) is 16.1. The van der Waals surface area contributed by atoms with Crippen LogP contribution in [0.5, 0.6) is 5.75 Å². The van der Waals surface area contributed by atoms with E-state index in [0.29, 0.717) is 17.1 Å². The summed E-state index contributed by atoms with van der Waals surface area (Å²) in [7, 11) is 1.59. The van der Waals surface area contributed by atoms with Crippen molar-refractivity contribution >= 4 is 34.1 Å². The van der Waals surface area contributed by atoms with E-state index in [1.165, 1.54) is 6.21 Å². The van der Waals surface area contributed by atoms with Gasteiger partial charge < -0.3 is 4.74 Å². The second-order valence-electron chi connectivity index (χ2n) is 5.51. The summed E-state index contributed by atoms with van der Waals surface area (Å²) >= 11 is 3.40. The first-order chi connectivity index (χ1) is 13.2. The lowest BCUT2D eigenvalue weighted by atomic mass is 10.1. The smallest absolute Gasteiger partial charge is 0.289 e. The number of aromatic amines is 1. The number of amides is 1. The van der Waals surface area contributed by atoms with E-state index in [0.717, 1.165) is 15.6 Å². The van der Waals surface area contributed by atoms with Crippen LogP contribution in [-0.4, -0.2) is 29.4 Å². The Hall–Kier alpha value is -3.19. The highest BCUT2D eigenvalue weighted by molar-refractivity contribution is 9.12. The number of methoxy groups -OCH3 is 1. The number of para-hydroxylation sites is 1. The van der Waals surface area contributed by atoms with Crippen LogP contribution in [0.15, 0.2) is 70.2 Å². The van der Waals surface area contributed by atoms with Gasteiger partial charge in [0.15, 0.2) is 0 Å². The van der Waals surface area contributed by atoms with Crippen LogP contribution in [0.25, 0.3) is 17.3 Å². The van der Waals surface area contributed by atoms with Gasteiger partial charge in [-0.3, -0.25) is 9.89 Å². The second-order valence-corrected chi connectivity index (χ2v) is 6.42. The summed E-state index contributed by atoms with van der Waals surface area (Å²) in [6.07, 6.45) is 3.41. The molecule has 0 aliphatic rings. The van der Waals surface area contributed by atoms with Crippen LogP contribution in [0.2, 0.25) is 0 Å². The monoisotopic (exact) mass is 424 g/mol. The van der Waals surface area contributed by atoms with Crippen molar-refractivity contribution in [3.05, 3.63) is 76.4 Å². The summed E-state index contributed by atoms with van der Waals surface area (Å²) in [4.78, 5) is 12.2. The molecule has 0 bridgehead atoms. The molecular weight excluding hydrogens is 408 g/mol. The molecule has 0 aliphatic carbocycles. The Balaban J connectivity index is 1.65. The molecule has 1 aromatic heterocycles. The van der Waals surface area contributed by atoms with E-state index in [-0.39, 0.29) is 5.91 Å². The van der Waals surface area contributed by atoms with Gasteiger partial charge in [0.2, 0.25) is 0 Å². The number of ether oxygens (including phenoxy) is 1. The summed E-state index contributed by atoms with van der Waals surface area (Å²) in [5, 5.41) is 10.8. The van der Waals surface area contributed by atoms with Crippen molar-refractivity contribution in [3.8, 4) is 17.0 Å². The zero-order chi connectivity index (χ0) is 19.1. The minimum absolute atomic E-state index is 0.302. The predicted octanol–water partition coefficient (Wildman–Crippen LogP) is 4.24. The quantitative estimate of drug-likeness (QED) is 0.458. The van der Waals surface area contributed by atoms with Crippen LogP contribution in [-0.2, 0) is 0 Å². The summed E-state index contributed by atoms with van der Waals surface area (Å²) in [6.45, 7) is 0. The van der Waals surface area contributed by atoms with Gasteiger partial charge in [-0.25, -0.2) is 5.43 Å². The highest BCUT2D eigenvalue weighted by Gasteiger charge is 2.13. The van der Waals surface area contributed by atoms with Crippen molar-refractivity contribution in [1.82, 2.24) is 15.6 Å². The molecule has 0 radical (unpaired) electrons.